The molecule has 0 atom stereocenters. The Hall–Kier alpha value is -1.65. The van der Waals surface area contributed by atoms with E-state index in [4.69, 9.17) is 11.6 Å². The summed E-state index contributed by atoms with van der Waals surface area (Å²) in [5.74, 6) is -0.201. The fraction of sp³-hybridized carbons (Fsp3) is 0.500. The molecule has 3 rings (SSSR count). The highest BCUT2D eigenvalue weighted by Gasteiger charge is 2.32. The van der Waals surface area contributed by atoms with Crippen LogP contribution in [0.3, 0.4) is 0 Å². The maximum atomic E-state index is 12.3. The standard InChI is InChI=1S/C20H26ClN3O/c1-20(2)13-17(12-18(14-20)24-10-4-3-5-11-24)22-23-19(25)15-6-8-16(21)9-7-15/h6-9,12H,3-5,10-11,13-14H2,1-2H3,(H,23,25)/p+1/b22-17+. The fourth-order valence-corrected chi connectivity index (χ4v) is 3.88. The normalized spacial score (nSPS) is 22.5. The number of carbonyl (C=O) groups excluding carboxylic acids is 1. The first-order chi connectivity index (χ1) is 11.9. The molecule has 2 aliphatic rings. The minimum absolute atomic E-state index is 0.179. The van der Waals surface area contributed by atoms with Crippen LogP contribution in [0.15, 0.2) is 41.1 Å². The Morgan fingerprint density at radius 1 is 1.12 bits per heavy atom. The second kappa shape index (κ2) is 7.71. The highest BCUT2D eigenvalue weighted by Crippen LogP contribution is 2.32. The number of halogens is 1. The second-order valence-electron chi connectivity index (χ2n) is 7.90. The number of likely N-dealkylation sites (tertiary alicyclic amines) is 1. The van der Waals surface area contributed by atoms with Gasteiger partial charge in [-0.3, -0.25) is 4.79 Å². The number of hydrogen-bond donors (Lipinski definition) is 2. The Labute approximate surface area is 154 Å². The average molecular weight is 361 g/mol. The van der Waals surface area contributed by atoms with E-state index in [2.05, 4.69) is 30.5 Å². The van der Waals surface area contributed by atoms with Crippen LogP contribution in [0.5, 0.6) is 0 Å². The first-order valence-corrected chi connectivity index (χ1v) is 9.49. The third-order valence-electron chi connectivity index (χ3n) is 4.99. The molecule has 4 nitrogen and oxygen atoms in total. The number of allylic oxidation sites excluding steroid dienone is 2. The summed E-state index contributed by atoms with van der Waals surface area (Å²) < 4.78 is 0. The molecule has 2 N–H and O–H groups in total. The molecule has 1 amide bonds. The average Bonchev–Trinajstić information content (AvgIpc) is 2.60. The van der Waals surface area contributed by atoms with Crippen molar-refractivity contribution in [1.82, 2.24) is 5.43 Å². The summed E-state index contributed by atoms with van der Waals surface area (Å²) in [6, 6.07) is 6.85. The number of carbonyl (C=O) groups is 1. The molecular weight excluding hydrogens is 334 g/mol. The predicted octanol–water partition coefficient (Wildman–Crippen LogP) is 3.20. The predicted molar refractivity (Wildman–Crippen MR) is 102 cm³/mol. The minimum atomic E-state index is -0.201. The van der Waals surface area contributed by atoms with Crippen molar-refractivity contribution in [2.24, 2.45) is 10.5 Å². The first kappa shape index (κ1) is 18.2. The summed E-state index contributed by atoms with van der Waals surface area (Å²) in [5, 5.41) is 5.04. The number of nitrogens with zero attached hydrogens (tertiary/aromatic N) is 1. The smallest absolute Gasteiger partial charge is 0.271 e. The van der Waals surface area contributed by atoms with E-state index in [0.717, 1.165) is 18.6 Å². The van der Waals surface area contributed by atoms with Gasteiger partial charge in [0.05, 0.1) is 18.8 Å². The molecule has 134 valence electrons. The molecule has 5 heteroatoms. The van der Waals surface area contributed by atoms with E-state index < -0.39 is 0 Å². The number of quaternary nitrogens is 1. The van der Waals surface area contributed by atoms with E-state index in [1.54, 1.807) is 29.2 Å². The van der Waals surface area contributed by atoms with Crippen molar-refractivity contribution >= 4 is 23.2 Å². The van der Waals surface area contributed by atoms with Crippen LogP contribution in [0.2, 0.25) is 5.02 Å². The molecule has 25 heavy (non-hydrogen) atoms. The third kappa shape index (κ3) is 4.93. The van der Waals surface area contributed by atoms with Gasteiger partial charge < -0.3 is 4.90 Å². The van der Waals surface area contributed by atoms with Gasteiger partial charge in [-0.05, 0) is 55.4 Å². The van der Waals surface area contributed by atoms with E-state index in [-0.39, 0.29) is 11.3 Å². The van der Waals surface area contributed by atoms with Crippen LogP contribution in [0.25, 0.3) is 0 Å². The van der Waals surface area contributed by atoms with E-state index in [1.807, 2.05) is 0 Å². The molecule has 1 aromatic rings. The Morgan fingerprint density at radius 3 is 2.48 bits per heavy atom. The maximum absolute atomic E-state index is 12.3. The molecule has 0 saturated carbocycles. The van der Waals surface area contributed by atoms with Crippen molar-refractivity contribution in [2.75, 3.05) is 13.1 Å². The van der Waals surface area contributed by atoms with Gasteiger partial charge in [0.2, 0.25) is 0 Å². The molecule has 1 aliphatic heterocycles. The summed E-state index contributed by atoms with van der Waals surface area (Å²) in [4.78, 5) is 13.8. The van der Waals surface area contributed by atoms with Crippen molar-refractivity contribution in [1.29, 1.82) is 0 Å². The van der Waals surface area contributed by atoms with Gasteiger partial charge in [0.15, 0.2) is 0 Å². The quantitative estimate of drug-likeness (QED) is 0.799. The van der Waals surface area contributed by atoms with Crippen LogP contribution in [-0.4, -0.2) is 24.7 Å². The Balaban J connectivity index is 1.73. The van der Waals surface area contributed by atoms with Crippen molar-refractivity contribution < 1.29 is 9.69 Å². The van der Waals surface area contributed by atoms with E-state index >= 15 is 0 Å². The Bertz CT molecular complexity index is 685. The molecule has 0 unspecified atom stereocenters. The lowest BCUT2D eigenvalue weighted by Gasteiger charge is -2.34. The van der Waals surface area contributed by atoms with Crippen LogP contribution < -0.4 is 10.3 Å². The first-order valence-electron chi connectivity index (χ1n) is 9.11. The maximum Gasteiger partial charge on any atom is 0.271 e. The summed E-state index contributed by atoms with van der Waals surface area (Å²) in [7, 11) is 0. The van der Waals surface area contributed by atoms with Gasteiger partial charge >= 0.3 is 0 Å². The number of hydrogen-bond acceptors (Lipinski definition) is 2. The molecule has 1 heterocycles. The van der Waals surface area contributed by atoms with Gasteiger partial charge in [0.1, 0.15) is 5.70 Å². The van der Waals surface area contributed by atoms with Gasteiger partial charge in [0, 0.05) is 23.1 Å². The lowest BCUT2D eigenvalue weighted by molar-refractivity contribution is -0.868. The molecule has 0 bridgehead atoms. The van der Waals surface area contributed by atoms with Crippen molar-refractivity contribution in [3.05, 3.63) is 46.6 Å². The number of benzene rings is 1. The summed E-state index contributed by atoms with van der Waals surface area (Å²) in [5.41, 5.74) is 5.85. The Morgan fingerprint density at radius 2 is 1.80 bits per heavy atom. The van der Waals surface area contributed by atoms with Crippen molar-refractivity contribution in [3.8, 4) is 0 Å². The SMILES string of the molecule is CC1(C)CC([NH+]2CCCCC2)=C/C(=N\NC(=O)c2ccc(Cl)cc2)C1. The lowest BCUT2D eigenvalue weighted by atomic mass is 9.78. The van der Waals surface area contributed by atoms with E-state index in [9.17, 15) is 4.79 Å². The number of amides is 1. The fourth-order valence-electron chi connectivity index (χ4n) is 3.76. The van der Waals surface area contributed by atoms with Crippen LogP contribution in [-0.2, 0) is 0 Å². The van der Waals surface area contributed by atoms with Crippen molar-refractivity contribution in [3.63, 3.8) is 0 Å². The number of piperidine rings is 1. The zero-order chi connectivity index (χ0) is 17.9. The van der Waals surface area contributed by atoms with Gasteiger partial charge in [0.25, 0.3) is 5.91 Å². The highest BCUT2D eigenvalue weighted by molar-refractivity contribution is 6.30. The lowest BCUT2D eigenvalue weighted by Crippen LogP contribution is -3.11. The minimum Gasteiger partial charge on any atom is -0.306 e. The molecule has 0 aromatic heterocycles. The summed E-state index contributed by atoms with van der Waals surface area (Å²) in [6.07, 6.45) is 8.13. The molecule has 0 spiro atoms. The van der Waals surface area contributed by atoms with Crippen LogP contribution in [0.1, 0.15) is 56.3 Å². The number of rotatable bonds is 3. The molecular formula is C20H27ClN3O+. The third-order valence-corrected chi connectivity index (χ3v) is 5.24. The highest BCUT2D eigenvalue weighted by atomic mass is 35.5. The summed E-state index contributed by atoms with van der Waals surface area (Å²) >= 11 is 5.87. The Kier molecular flexibility index (Phi) is 5.60. The molecule has 0 radical (unpaired) electrons. The zero-order valence-electron chi connectivity index (χ0n) is 15.1. The second-order valence-corrected chi connectivity index (χ2v) is 8.34. The van der Waals surface area contributed by atoms with Crippen molar-refractivity contribution in [2.45, 2.75) is 46.0 Å². The molecule has 1 saturated heterocycles. The van der Waals surface area contributed by atoms with Gasteiger partial charge in [-0.15, -0.1) is 0 Å². The zero-order valence-corrected chi connectivity index (χ0v) is 15.8. The van der Waals surface area contributed by atoms with E-state index in [0.29, 0.717) is 10.6 Å². The molecule has 1 aromatic carbocycles. The van der Waals surface area contributed by atoms with Crippen LogP contribution in [0.4, 0.5) is 0 Å². The van der Waals surface area contributed by atoms with Crippen LogP contribution >= 0.6 is 11.6 Å². The molecule has 1 aliphatic carbocycles. The monoisotopic (exact) mass is 360 g/mol. The summed E-state index contributed by atoms with van der Waals surface area (Å²) in [6.45, 7) is 6.98. The van der Waals surface area contributed by atoms with Crippen LogP contribution in [0, 0.1) is 5.41 Å². The molecule has 1 fully saturated rings. The van der Waals surface area contributed by atoms with E-state index in [1.165, 1.54) is 38.0 Å². The van der Waals surface area contributed by atoms with Gasteiger partial charge in [-0.1, -0.05) is 25.4 Å². The number of nitrogens with one attached hydrogen (secondary N) is 2. The van der Waals surface area contributed by atoms with Gasteiger partial charge in [-0.2, -0.15) is 5.10 Å². The topological polar surface area (TPSA) is 45.9 Å². The largest absolute Gasteiger partial charge is 0.306 e. The van der Waals surface area contributed by atoms with Gasteiger partial charge in [-0.25, -0.2) is 5.43 Å². The number of hydrazone groups is 1.